The molecule has 6 heteroatoms. The number of ether oxygens (including phenoxy) is 2. The summed E-state index contributed by atoms with van der Waals surface area (Å²) >= 11 is 3.37. The Kier molecular flexibility index (Phi) is 4.70. The van der Waals surface area contributed by atoms with Gasteiger partial charge in [-0.15, -0.1) is 0 Å². The van der Waals surface area contributed by atoms with Crippen molar-refractivity contribution < 1.29 is 14.3 Å². The van der Waals surface area contributed by atoms with Crippen LogP contribution in [-0.2, 0) is 0 Å². The number of benzene rings is 2. The molecule has 5 nitrogen and oxygen atoms in total. The fraction of sp³-hybridized carbons (Fsp3) is 0.133. The van der Waals surface area contributed by atoms with Gasteiger partial charge >= 0.3 is 0 Å². The van der Waals surface area contributed by atoms with Crippen molar-refractivity contribution in [3.63, 3.8) is 0 Å². The summed E-state index contributed by atoms with van der Waals surface area (Å²) in [6.45, 7) is 0. The Balaban J connectivity index is 2.30. The molecule has 3 N–H and O–H groups in total. The molecule has 0 saturated heterocycles. The average molecular weight is 351 g/mol. The molecule has 0 aliphatic heterocycles. The predicted octanol–water partition coefficient (Wildman–Crippen LogP) is 3.30. The average Bonchev–Trinajstić information content (AvgIpc) is 2.50. The van der Waals surface area contributed by atoms with Gasteiger partial charge in [0.1, 0.15) is 11.5 Å². The van der Waals surface area contributed by atoms with E-state index in [4.69, 9.17) is 15.2 Å². The molecule has 0 saturated carbocycles. The number of amides is 1. The van der Waals surface area contributed by atoms with Gasteiger partial charge in [-0.05, 0) is 46.3 Å². The summed E-state index contributed by atoms with van der Waals surface area (Å²) in [5.74, 6) is 0.765. The quantitative estimate of drug-likeness (QED) is 0.829. The number of nitrogen functional groups attached to an aromatic ring is 1. The van der Waals surface area contributed by atoms with Crippen molar-refractivity contribution in [3.8, 4) is 11.5 Å². The zero-order valence-electron chi connectivity index (χ0n) is 11.6. The number of nitrogens with one attached hydrogen (secondary N) is 1. The van der Waals surface area contributed by atoms with Gasteiger partial charge in [-0.2, -0.15) is 0 Å². The predicted molar refractivity (Wildman–Crippen MR) is 86.1 cm³/mol. The van der Waals surface area contributed by atoms with Gasteiger partial charge in [0.05, 0.1) is 25.5 Å². The second kappa shape index (κ2) is 6.49. The van der Waals surface area contributed by atoms with Crippen LogP contribution in [0.1, 0.15) is 10.4 Å². The molecule has 0 bridgehead atoms. The van der Waals surface area contributed by atoms with Crippen LogP contribution in [0.2, 0.25) is 0 Å². The lowest BCUT2D eigenvalue weighted by molar-refractivity contribution is 0.102. The van der Waals surface area contributed by atoms with Crippen molar-refractivity contribution in [1.29, 1.82) is 0 Å². The Morgan fingerprint density at radius 2 is 1.90 bits per heavy atom. The van der Waals surface area contributed by atoms with Crippen molar-refractivity contribution in [3.05, 3.63) is 46.4 Å². The van der Waals surface area contributed by atoms with Crippen molar-refractivity contribution in [2.45, 2.75) is 0 Å². The van der Waals surface area contributed by atoms with Crippen molar-refractivity contribution in [2.24, 2.45) is 0 Å². The molecule has 110 valence electrons. The Morgan fingerprint density at radius 3 is 2.57 bits per heavy atom. The molecular formula is C15H15BrN2O3. The number of rotatable bonds is 4. The van der Waals surface area contributed by atoms with E-state index in [2.05, 4.69) is 21.2 Å². The number of methoxy groups -OCH3 is 2. The SMILES string of the molecule is COc1ccc(C(=O)Nc2cc(N)ccc2Br)c(OC)c1. The molecular weight excluding hydrogens is 336 g/mol. The Bertz CT molecular complexity index is 674. The highest BCUT2D eigenvalue weighted by Crippen LogP contribution is 2.28. The van der Waals surface area contributed by atoms with Gasteiger partial charge in [0.15, 0.2) is 0 Å². The molecule has 2 rings (SSSR count). The molecule has 0 radical (unpaired) electrons. The van der Waals surface area contributed by atoms with Gasteiger partial charge in [-0.3, -0.25) is 4.79 Å². The van der Waals surface area contributed by atoms with Crippen molar-refractivity contribution in [1.82, 2.24) is 0 Å². The highest BCUT2D eigenvalue weighted by molar-refractivity contribution is 9.10. The fourth-order valence-electron chi connectivity index (χ4n) is 1.81. The van der Waals surface area contributed by atoms with Gasteiger partial charge in [0.2, 0.25) is 0 Å². The number of nitrogens with two attached hydrogens (primary N) is 1. The maximum atomic E-state index is 12.4. The standard InChI is InChI=1S/C15H15BrN2O3/c1-20-10-4-5-11(14(8-10)21-2)15(19)18-13-7-9(17)3-6-12(13)16/h3-8H,17H2,1-2H3,(H,18,19). The third kappa shape index (κ3) is 3.46. The smallest absolute Gasteiger partial charge is 0.259 e. The lowest BCUT2D eigenvalue weighted by Gasteiger charge is -2.12. The second-order valence-electron chi connectivity index (χ2n) is 4.26. The van der Waals surface area contributed by atoms with Crippen LogP contribution in [-0.4, -0.2) is 20.1 Å². The first-order valence-corrected chi connectivity index (χ1v) is 6.93. The normalized spacial score (nSPS) is 10.0. The minimum absolute atomic E-state index is 0.291. The summed E-state index contributed by atoms with van der Waals surface area (Å²) in [4.78, 5) is 12.4. The number of carbonyl (C=O) groups is 1. The maximum Gasteiger partial charge on any atom is 0.259 e. The third-order valence-electron chi connectivity index (χ3n) is 2.89. The van der Waals surface area contributed by atoms with Crippen LogP contribution in [0.15, 0.2) is 40.9 Å². The van der Waals surface area contributed by atoms with Crippen LogP contribution >= 0.6 is 15.9 Å². The monoisotopic (exact) mass is 350 g/mol. The molecule has 0 aliphatic rings. The molecule has 1 amide bonds. The van der Waals surface area contributed by atoms with Gasteiger partial charge in [-0.25, -0.2) is 0 Å². The number of hydrogen-bond donors (Lipinski definition) is 2. The molecule has 0 spiro atoms. The van der Waals surface area contributed by atoms with E-state index in [1.54, 1.807) is 43.5 Å². The molecule has 21 heavy (non-hydrogen) atoms. The topological polar surface area (TPSA) is 73.6 Å². The fourth-order valence-corrected chi connectivity index (χ4v) is 2.16. The number of hydrogen-bond acceptors (Lipinski definition) is 4. The molecule has 0 fully saturated rings. The lowest BCUT2D eigenvalue weighted by atomic mass is 10.1. The molecule has 2 aromatic carbocycles. The highest BCUT2D eigenvalue weighted by Gasteiger charge is 2.14. The first kappa shape index (κ1) is 15.2. The molecule has 0 aliphatic carbocycles. The van der Waals surface area contributed by atoms with Crippen LogP contribution in [0.25, 0.3) is 0 Å². The minimum Gasteiger partial charge on any atom is -0.497 e. The van der Waals surface area contributed by atoms with E-state index in [1.807, 2.05) is 0 Å². The molecule has 0 atom stereocenters. The summed E-state index contributed by atoms with van der Waals surface area (Å²) < 4.78 is 11.1. The number of halogens is 1. The second-order valence-corrected chi connectivity index (χ2v) is 5.11. The van der Waals surface area contributed by atoms with E-state index in [-0.39, 0.29) is 5.91 Å². The van der Waals surface area contributed by atoms with Crippen LogP contribution in [0.3, 0.4) is 0 Å². The summed E-state index contributed by atoms with van der Waals surface area (Å²) in [5, 5.41) is 2.79. The van der Waals surface area contributed by atoms with E-state index in [0.29, 0.717) is 28.4 Å². The van der Waals surface area contributed by atoms with Gasteiger partial charge in [0.25, 0.3) is 5.91 Å². The van der Waals surface area contributed by atoms with E-state index < -0.39 is 0 Å². The van der Waals surface area contributed by atoms with Crippen molar-refractivity contribution >= 4 is 33.2 Å². The van der Waals surface area contributed by atoms with Crippen LogP contribution < -0.4 is 20.5 Å². The largest absolute Gasteiger partial charge is 0.497 e. The van der Waals surface area contributed by atoms with E-state index in [0.717, 1.165) is 4.47 Å². The molecule has 0 heterocycles. The van der Waals surface area contributed by atoms with Crippen LogP contribution in [0, 0.1) is 0 Å². The third-order valence-corrected chi connectivity index (χ3v) is 3.58. The Labute approximate surface area is 131 Å². The lowest BCUT2D eigenvalue weighted by Crippen LogP contribution is -2.13. The Morgan fingerprint density at radius 1 is 1.14 bits per heavy atom. The molecule has 0 aromatic heterocycles. The zero-order valence-corrected chi connectivity index (χ0v) is 13.2. The first-order chi connectivity index (χ1) is 10.0. The van der Waals surface area contributed by atoms with Crippen LogP contribution in [0.4, 0.5) is 11.4 Å². The zero-order chi connectivity index (χ0) is 15.4. The number of anilines is 2. The van der Waals surface area contributed by atoms with E-state index >= 15 is 0 Å². The Hall–Kier alpha value is -2.21. The van der Waals surface area contributed by atoms with E-state index in [1.165, 1.54) is 7.11 Å². The number of carbonyl (C=O) groups excluding carboxylic acids is 1. The van der Waals surface area contributed by atoms with Crippen molar-refractivity contribution in [2.75, 3.05) is 25.3 Å². The highest BCUT2D eigenvalue weighted by atomic mass is 79.9. The summed E-state index contributed by atoms with van der Waals surface area (Å²) in [7, 11) is 3.06. The van der Waals surface area contributed by atoms with E-state index in [9.17, 15) is 4.79 Å². The summed E-state index contributed by atoms with van der Waals surface area (Å²) in [6, 6.07) is 10.2. The van der Waals surface area contributed by atoms with Gasteiger partial charge in [0, 0.05) is 16.2 Å². The van der Waals surface area contributed by atoms with Crippen LogP contribution in [0.5, 0.6) is 11.5 Å². The minimum atomic E-state index is -0.291. The first-order valence-electron chi connectivity index (χ1n) is 6.13. The summed E-state index contributed by atoms with van der Waals surface area (Å²) in [5.41, 5.74) is 7.29. The molecule has 2 aromatic rings. The van der Waals surface area contributed by atoms with Gasteiger partial charge in [-0.1, -0.05) is 0 Å². The summed E-state index contributed by atoms with van der Waals surface area (Å²) in [6.07, 6.45) is 0. The van der Waals surface area contributed by atoms with Gasteiger partial charge < -0.3 is 20.5 Å². The maximum absolute atomic E-state index is 12.4. The molecule has 0 unspecified atom stereocenters.